The van der Waals surface area contributed by atoms with Gasteiger partial charge in [-0.15, -0.1) is 11.8 Å². The minimum absolute atomic E-state index is 0.352. The van der Waals surface area contributed by atoms with Crippen LogP contribution in [0.5, 0.6) is 0 Å². The fraction of sp³-hybridized carbons (Fsp3) is 0.238. The third-order valence-corrected chi connectivity index (χ3v) is 6.02. The summed E-state index contributed by atoms with van der Waals surface area (Å²) < 4.78 is 7.42. The van der Waals surface area contributed by atoms with Gasteiger partial charge in [0.1, 0.15) is 6.61 Å². The average Bonchev–Trinajstić information content (AvgIpc) is 3.16. The summed E-state index contributed by atoms with van der Waals surface area (Å²) in [6.07, 6.45) is 5.44. The van der Waals surface area contributed by atoms with Crippen molar-refractivity contribution in [2.24, 2.45) is 0 Å². The Labute approximate surface area is 173 Å². The van der Waals surface area contributed by atoms with Gasteiger partial charge in [0.25, 0.3) is 0 Å². The van der Waals surface area contributed by atoms with E-state index in [1.54, 1.807) is 23.5 Å². The highest BCUT2D eigenvalue weighted by Gasteiger charge is 2.08. The number of benzene rings is 2. The van der Waals surface area contributed by atoms with Crippen LogP contribution < -0.4 is 5.32 Å². The fourth-order valence-corrected chi connectivity index (χ4v) is 4.17. The van der Waals surface area contributed by atoms with Gasteiger partial charge in [0, 0.05) is 35.3 Å². The van der Waals surface area contributed by atoms with Crippen molar-refractivity contribution >= 4 is 35.3 Å². The Balaban J connectivity index is 1.50. The number of hydrogen-bond acceptors (Lipinski definition) is 5. The molecule has 0 fully saturated rings. The van der Waals surface area contributed by atoms with Crippen LogP contribution in [0.3, 0.4) is 0 Å². The number of anilines is 1. The average molecular weight is 414 g/mol. The van der Waals surface area contributed by atoms with Crippen LogP contribution in [-0.2, 0) is 11.3 Å². The van der Waals surface area contributed by atoms with Gasteiger partial charge in [0.2, 0.25) is 0 Å². The lowest BCUT2D eigenvalue weighted by Crippen LogP contribution is -2.15. The number of nitrogens with one attached hydrogen (secondary N) is 1. The maximum Gasteiger partial charge on any atom is 0.411 e. The molecule has 1 amide bonds. The number of thioether (sulfide) groups is 2. The topological polar surface area (TPSA) is 56.2 Å². The van der Waals surface area contributed by atoms with Gasteiger partial charge in [0.15, 0.2) is 5.16 Å². The summed E-state index contributed by atoms with van der Waals surface area (Å²) in [5, 5.41) is 3.73. The Morgan fingerprint density at radius 3 is 2.79 bits per heavy atom. The smallest absolute Gasteiger partial charge is 0.411 e. The highest BCUT2D eigenvalue weighted by molar-refractivity contribution is 7.99. The van der Waals surface area contributed by atoms with E-state index in [0.717, 1.165) is 17.4 Å². The number of aromatic nitrogens is 2. The maximum atomic E-state index is 11.8. The first-order chi connectivity index (χ1) is 13.7. The quantitative estimate of drug-likeness (QED) is 0.401. The van der Waals surface area contributed by atoms with Crippen molar-refractivity contribution in [2.75, 3.05) is 23.9 Å². The highest BCUT2D eigenvalue weighted by atomic mass is 32.2. The number of hydrogen-bond donors (Lipinski definition) is 1. The van der Waals surface area contributed by atoms with Crippen LogP contribution in [0.15, 0.2) is 71.0 Å². The predicted molar refractivity (Wildman–Crippen MR) is 116 cm³/mol. The van der Waals surface area contributed by atoms with Crippen LogP contribution in [0.4, 0.5) is 10.5 Å². The van der Waals surface area contributed by atoms with E-state index in [1.807, 2.05) is 49.0 Å². The Kier molecular flexibility index (Phi) is 7.45. The first-order valence-electron chi connectivity index (χ1n) is 8.92. The van der Waals surface area contributed by atoms with Crippen molar-refractivity contribution in [1.82, 2.24) is 9.55 Å². The molecule has 28 heavy (non-hydrogen) atoms. The van der Waals surface area contributed by atoms with Gasteiger partial charge >= 0.3 is 6.09 Å². The lowest BCUT2D eigenvalue weighted by atomic mass is 10.1. The van der Waals surface area contributed by atoms with E-state index in [9.17, 15) is 4.79 Å². The molecule has 0 saturated heterocycles. The number of ether oxygens (including phenoxy) is 1. The van der Waals surface area contributed by atoms with Crippen LogP contribution in [0.25, 0.3) is 0 Å². The molecule has 1 heterocycles. The Bertz CT molecular complexity index is 913. The second-order valence-electron chi connectivity index (χ2n) is 6.06. The van der Waals surface area contributed by atoms with Crippen LogP contribution in [0.2, 0.25) is 0 Å². The van der Waals surface area contributed by atoms with Crippen molar-refractivity contribution < 1.29 is 9.53 Å². The molecule has 0 aliphatic carbocycles. The van der Waals surface area contributed by atoms with Gasteiger partial charge in [-0.25, -0.2) is 9.78 Å². The summed E-state index contributed by atoms with van der Waals surface area (Å²) >= 11 is 3.34. The van der Waals surface area contributed by atoms with E-state index in [2.05, 4.69) is 40.0 Å². The van der Waals surface area contributed by atoms with Gasteiger partial charge in [-0.3, -0.25) is 5.32 Å². The van der Waals surface area contributed by atoms with Crippen LogP contribution in [0, 0.1) is 6.92 Å². The number of imidazole rings is 1. The molecule has 146 valence electrons. The van der Waals surface area contributed by atoms with Gasteiger partial charge in [-0.05, 0) is 42.5 Å². The molecule has 1 aromatic heterocycles. The standard InChI is InChI=1S/C21H23N3O2S2/c1-16-17(15-24-12-11-22-20(24)27-2)7-6-10-19(16)28-14-13-26-21(25)23-18-8-4-3-5-9-18/h3-12H,13-15H2,1-2H3,(H,23,25). The van der Waals surface area contributed by atoms with Crippen LogP contribution >= 0.6 is 23.5 Å². The maximum absolute atomic E-state index is 11.8. The van der Waals surface area contributed by atoms with Crippen molar-refractivity contribution in [3.63, 3.8) is 0 Å². The molecule has 0 spiro atoms. The molecule has 7 heteroatoms. The van der Waals surface area contributed by atoms with Crippen molar-refractivity contribution in [3.05, 3.63) is 72.1 Å². The molecule has 3 aromatic rings. The number of para-hydroxylation sites is 1. The van der Waals surface area contributed by atoms with Crippen LogP contribution in [-0.4, -0.2) is 34.3 Å². The molecule has 0 atom stereocenters. The van der Waals surface area contributed by atoms with Crippen LogP contribution in [0.1, 0.15) is 11.1 Å². The monoisotopic (exact) mass is 413 g/mol. The Morgan fingerprint density at radius 1 is 1.18 bits per heavy atom. The number of nitrogens with zero attached hydrogens (tertiary/aromatic N) is 2. The lowest BCUT2D eigenvalue weighted by molar-refractivity contribution is 0.169. The molecular weight excluding hydrogens is 390 g/mol. The Hall–Kier alpha value is -2.38. The molecule has 0 radical (unpaired) electrons. The first kappa shape index (κ1) is 20.4. The summed E-state index contributed by atoms with van der Waals surface area (Å²) in [5.74, 6) is 0.702. The molecule has 0 aliphatic rings. The van der Waals surface area contributed by atoms with Crippen molar-refractivity contribution in [1.29, 1.82) is 0 Å². The largest absolute Gasteiger partial charge is 0.448 e. The molecule has 5 nitrogen and oxygen atoms in total. The predicted octanol–water partition coefficient (Wildman–Crippen LogP) is 5.30. The molecule has 0 aliphatic heterocycles. The molecule has 1 N–H and O–H groups in total. The fourth-order valence-electron chi connectivity index (χ4n) is 2.74. The summed E-state index contributed by atoms with van der Waals surface area (Å²) in [6, 6.07) is 15.6. The van der Waals surface area contributed by atoms with Gasteiger partial charge in [0.05, 0.1) is 0 Å². The third-order valence-electron chi connectivity index (χ3n) is 4.19. The van der Waals surface area contributed by atoms with E-state index < -0.39 is 6.09 Å². The molecule has 3 rings (SSSR count). The van der Waals surface area contributed by atoms with E-state index >= 15 is 0 Å². The number of carbonyl (C=O) groups is 1. The zero-order valence-corrected chi connectivity index (χ0v) is 17.6. The molecule has 2 aromatic carbocycles. The summed E-state index contributed by atoms with van der Waals surface area (Å²) in [4.78, 5) is 17.4. The lowest BCUT2D eigenvalue weighted by Gasteiger charge is -2.13. The molecule has 0 unspecified atom stereocenters. The van der Waals surface area contributed by atoms with E-state index in [-0.39, 0.29) is 0 Å². The summed E-state index contributed by atoms with van der Waals surface area (Å²) in [7, 11) is 0. The highest BCUT2D eigenvalue weighted by Crippen LogP contribution is 2.26. The minimum Gasteiger partial charge on any atom is -0.448 e. The second-order valence-corrected chi connectivity index (χ2v) is 7.97. The van der Waals surface area contributed by atoms with Gasteiger partial charge in [-0.1, -0.05) is 42.1 Å². The second kappa shape index (κ2) is 10.2. The zero-order valence-electron chi connectivity index (χ0n) is 15.9. The van der Waals surface area contributed by atoms with E-state index in [1.165, 1.54) is 16.0 Å². The molecule has 0 saturated carbocycles. The molecular formula is C21H23N3O2S2. The Morgan fingerprint density at radius 2 is 2.00 bits per heavy atom. The van der Waals surface area contributed by atoms with Gasteiger partial charge in [-0.2, -0.15) is 0 Å². The first-order valence-corrected chi connectivity index (χ1v) is 11.1. The van der Waals surface area contributed by atoms with Gasteiger partial charge < -0.3 is 9.30 Å². The van der Waals surface area contributed by atoms with E-state index in [0.29, 0.717) is 12.4 Å². The normalized spacial score (nSPS) is 10.6. The van der Waals surface area contributed by atoms with E-state index in [4.69, 9.17) is 4.74 Å². The minimum atomic E-state index is -0.429. The van der Waals surface area contributed by atoms with Crippen molar-refractivity contribution in [3.8, 4) is 0 Å². The number of rotatable bonds is 8. The zero-order chi connectivity index (χ0) is 19.8. The molecule has 0 bridgehead atoms. The van der Waals surface area contributed by atoms with Crippen molar-refractivity contribution in [2.45, 2.75) is 23.5 Å². The summed E-state index contributed by atoms with van der Waals surface area (Å²) in [6.45, 7) is 3.29. The number of amides is 1. The SMILES string of the molecule is CSc1nccn1Cc1cccc(SCCOC(=O)Nc2ccccc2)c1C. The summed E-state index contributed by atoms with van der Waals surface area (Å²) in [5.41, 5.74) is 3.25. The third kappa shape index (κ3) is 5.56. The number of carbonyl (C=O) groups excluding carboxylic acids is 1.